The highest BCUT2D eigenvalue weighted by atomic mass is 16.5. The van der Waals surface area contributed by atoms with Crippen molar-refractivity contribution in [1.29, 1.82) is 0 Å². The molecule has 2 rings (SSSR count). The SMILES string of the molecule is COC(=O)C(C)(CCOC1CCCCC1C)NC1CC1. The monoisotopic (exact) mass is 283 g/mol. The number of hydrogen-bond donors (Lipinski definition) is 1. The largest absolute Gasteiger partial charge is 0.468 e. The van der Waals surface area contributed by atoms with Gasteiger partial charge in [-0.1, -0.05) is 19.8 Å². The minimum absolute atomic E-state index is 0.176. The molecule has 0 aromatic heterocycles. The molecule has 0 aromatic rings. The van der Waals surface area contributed by atoms with E-state index < -0.39 is 5.54 Å². The van der Waals surface area contributed by atoms with Crippen molar-refractivity contribution in [1.82, 2.24) is 5.32 Å². The maximum absolute atomic E-state index is 12.0. The Balaban J connectivity index is 1.80. The molecule has 2 aliphatic rings. The molecule has 4 nitrogen and oxygen atoms in total. The van der Waals surface area contributed by atoms with Gasteiger partial charge in [-0.05, 0) is 44.9 Å². The minimum atomic E-state index is -0.603. The molecule has 2 saturated carbocycles. The van der Waals surface area contributed by atoms with Crippen LogP contribution in [0.2, 0.25) is 0 Å². The van der Waals surface area contributed by atoms with Gasteiger partial charge in [-0.3, -0.25) is 10.1 Å². The molecule has 0 amide bonds. The lowest BCUT2D eigenvalue weighted by molar-refractivity contribution is -0.149. The third kappa shape index (κ3) is 4.19. The summed E-state index contributed by atoms with van der Waals surface area (Å²) in [5, 5.41) is 3.41. The lowest BCUT2D eigenvalue weighted by Crippen LogP contribution is -2.52. The topological polar surface area (TPSA) is 47.6 Å². The van der Waals surface area contributed by atoms with E-state index >= 15 is 0 Å². The molecular weight excluding hydrogens is 254 g/mol. The van der Waals surface area contributed by atoms with Crippen LogP contribution in [0.5, 0.6) is 0 Å². The van der Waals surface area contributed by atoms with Gasteiger partial charge in [0.2, 0.25) is 0 Å². The number of esters is 1. The molecule has 0 spiro atoms. The number of ether oxygens (including phenoxy) is 2. The van der Waals surface area contributed by atoms with E-state index in [1.165, 1.54) is 26.4 Å². The van der Waals surface area contributed by atoms with Gasteiger partial charge in [0.05, 0.1) is 13.2 Å². The molecule has 0 bridgehead atoms. The zero-order valence-corrected chi connectivity index (χ0v) is 13.1. The number of carbonyl (C=O) groups excluding carboxylic acids is 1. The summed E-state index contributed by atoms with van der Waals surface area (Å²) < 4.78 is 11.0. The van der Waals surface area contributed by atoms with Gasteiger partial charge in [-0.15, -0.1) is 0 Å². The third-order valence-electron chi connectivity index (χ3n) is 4.70. The molecule has 3 unspecified atom stereocenters. The first kappa shape index (κ1) is 15.8. The van der Waals surface area contributed by atoms with Crippen LogP contribution in [0.15, 0.2) is 0 Å². The highest BCUT2D eigenvalue weighted by Gasteiger charge is 2.39. The molecule has 2 fully saturated rings. The average Bonchev–Trinajstić information content (AvgIpc) is 3.23. The smallest absolute Gasteiger partial charge is 0.325 e. The summed E-state index contributed by atoms with van der Waals surface area (Å²) in [6.07, 6.45) is 8.38. The van der Waals surface area contributed by atoms with Crippen LogP contribution in [0.25, 0.3) is 0 Å². The summed E-state index contributed by atoms with van der Waals surface area (Å²) in [7, 11) is 1.46. The normalized spacial score (nSPS) is 29.8. The van der Waals surface area contributed by atoms with Gasteiger partial charge in [-0.25, -0.2) is 0 Å². The summed E-state index contributed by atoms with van der Waals surface area (Å²) >= 11 is 0. The van der Waals surface area contributed by atoms with E-state index in [0.717, 1.165) is 19.3 Å². The maximum atomic E-state index is 12.0. The van der Waals surface area contributed by atoms with Crippen molar-refractivity contribution in [2.45, 2.75) is 76.5 Å². The molecule has 0 heterocycles. The summed E-state index contributed by atoms with van der Waals surface area (Å²) in [5.74, 6) is 0.467. The molecule has 116 valence electrons. The van der Waals surface area contributed by atoms with Gasteiger partial charge >= 0.3 is 5.97 Å². The van der Waals surface area contributed by atoms with Crippen LogP contribution in [-0.2, 0) is 14.3 Å². The third-order valence-corrected chi connectivity index (χ3v) is 4.70. The number of hydrogen-bond acceptors (Lipinski definition) is 4. The lowest BCUT2D eigenvalue weighted by atomic mass is 9.88. The Morgan fingerprint density at radius 1 is 1.25 bits per heavy atom. The van der Waals surface area contributed by atoms with Gasteiger partial charge in [0, 0.05) is 12.6 Å². The number of methoxy groups -OCH3 is 1. The Kier molecular flexibility index (Phi) is 5.44. The van der Waals surface area contributed by atoms with Crippen LogP contribution in [-0.4, -0.2) is 37.4 Å². The zero-order valence-electron chi connectivity index (χ0n) is 13.1. The molecule has 20 heavy (non-hydrogen) atoms. The molecule has 0 aliphatic heterocycles. The molecule has 4 heteroatoms. The molecule has 0 radical (unpaired) electrons. The predicted molar refractivity (Wildman–Crippen MR) is 78.6 cm³/mol. The fourth-order valence-corrected chi connectivity index (χ4v) is 3.08. The van der Waals surface area contributed by atoms with Crippen LogP contribution in [0.4, 0.5) is 0 Å². The van der Waals surface area contributed by atoms with Crippen molar-refractivity contribution in [3.05, 3.63) is 0 Å². The molecule has 0 saturated heterocycles. The van der Waals surface area contributed by atoms with Crippen molar-refractivity contribution in [2.24, 2.45) is 5.92 Å². The summed E-state index contributed by atoms with van der Waals surface area (Å²) in [4.78, 5) is 12.0. The Morgan fingerprint density at radius 3 is 2.55 bits per heavy atom. The van der Waals surface area contributed by atoms with Crippen LogP contribution in [0, 0.1) is 5.92 Å². The van der Waals surface area contributed by atoms with Crippen molar-refractivity contribution in [3.8, 4) is 0 Å². The van der Waals surface area contributed by atoms with E-state index in [1.807, 2.05) is 6.92 Å². The van der Waals surface area contributed by atoms with E-state index in [0.29, 0.717) is 31.1 Å². The Bertz CT molecular complexity index is 330. The van der Waals surface area contributed by atoms with Crippen LogP contribution < -0.4 is 5.32 Å². The van der Waals surface area contributed by atoms with Gasteiger partial charge in [0.1, 0.15) is 5.54 Å². The fraction of sp³-hybridized carbons (Fsp3) is 0.938. The fourth-order valence-electron chi connectivity index (χ4n) is 3.08. The quantitative estimate of drug-likeness (QED) is 0.730. The molecule has 1 N–H and O–H groups in total. The minimum Gasteiger partial charge on any atom is -0.468 e. The van der Waals surface area contributed by atoms with E-state index in [2.05, 4.69) is 12.2 Å². The highest BCUT2D eigenvalue weighted by Crippen LogP contribution is 2.28. The number of nitrogens with one attached hydrogen (secondary N) is 1. The molecule has 3 atom stereocenters. The van der Waals surface area contributed by atoms with Gasteiger partial charge in [0.25, 0.3) is 0 Å². The van der Waals surface area contributed by atoms with Crippen molar-refractivity contribution >= 4 is 5.97 Å². The zero-order chi connectivity index (χ0) is 14.6. The maximum Gasteiger partial charge on any atom is 0.325 e. The number of rotatable bonds is 7. The first-order valence-electron chi connectivity index (χ1n) is 8.03. The Hall–Kier alpha value is -0.610. The second kappa shape index (κ2) is 6.90. The summed E-state index contributed by atoms with van der Waals surface area (Å²) in [5.41, 5.74) is -0.603. The lowest BCUT2D eigenvalue weighted by Gasteiger charge is -2.32. The highest BCUT2D eigenvalue weighted by molar-refractivity contribution is 5.80. The standard InChI is InChI=1S/C16H29NO3/c1-12-6-4-5-7-14(12)20-11-10-16(2,15(18)19-3)17-13-8-9-13/h12-14,17H,4-11H2,1-3H3. The van der Waals surface area contributed by atoms with Crippen molar-refractivity contribution < 1.29 is 14.3 Å². The van der Waals surface area contributed by atoms with Crippen molar-refractivity contribution in [3.63, 3.8) is 0 Å². The van der Waals surface area contributed by atoms with Gasteiger partial charge in [-0.2, -0.15) is 0 Å². The van der Waals surface area contributed by atoms with E-state index in [1.54, 1.807) is 0 Å². The number of carbonyl (C=O) groups is 1. The Labute approximate surface area is 122 Å². The van der Waals surface area contributed by atoms with Crippen molar-refractivity contribution in [2.75, 3.05) is 13.7 Å². The summed E-state index contributed by atoms with van der Waals surface area (Å²) in [6.45, 7) is 4.83. The van der Waals surface area contributed by atoms with Crippen LogP contribution in [0.3, 0.4) is 0 Å². The molecular formula is C16H29NO3. The first-order valence-corrected chi connectivity index (χ1v) is 8.03. The van der Waals surface area contributed by atoms with Gasteiger partial charge in [0.15, 0.2) is 0 Å². The average molecular weight is 283 g/mol. The first-order chi connectivity index (χ1) is 9.55. The summed E-state index contributed by atoms with van der Waals surface area (Å²) in [6, 6.07) is 0.479. The van der Waals surface area contributed by atoms with Crippen LogP contribution in [0.1, 0.15) is 58.8 Å². The molecule has 2 aliphatic carbocycles. The van der Waals surface area contributed by atoms with E-state index in [9.17, 15) is 4.79 Å². The van der Waals surface area contributed by atoms with Crippen LogP contribution >= 0.6 is 0 Å². The van der Waals surface area contributed by atoms with Gasteiger partial charge < -0.3 is 9.47 Å². The van der Waals surface area contributed by atoms with E-state index in [4.69, 9.17) is 9.47 Å². The second-order valence-electron chi connectivity index (χ2n) is 6.66. The van der Waals surface area contributed by atoms with E-state index in [-0.39, 0.29) is 5.97 Å². The Morgan fingerprint density at radius 2 is 1.95 bits per heavy atom. The predicted octanol–water partition coefficient (Wildman–Crippen LogP) is 2.66. The molecule has 0 aromatic carbocycles. The second-order valence-corrected chi connectivity index (χ2v) is 6.66.